The number of nitrogens with one attached hydrogen (secondary N) is 1. The Morgan fingerprint density at radius 2 is 2.00 bits per heavy atom. The molecule has 0 unspecified atom stereocenters. The maximum Gasteiger partial charge on any atom is 0.181 e. The molecule has 2 heterocycles. The van der Waals surface area contributed by atoms with Crippen molar-refractivity contribution in [2.24, 2.45) is 0 Å². The Hall–Kier alpha value is -1.13. The Kier molecular flexibility index (Phi) is 4.13. The summed E-state index contributed by atoms with van der Waals surface area (Å²) in [6.45, 7) is 3.58. The third-order valence-electron chi connectivity index (χ3n) is 2.88. The molecule has 1 aliphatic heterocycles. The van der Waals surface area contributed by atoms with E-state index in [4.69, 9.17) is 4.74 Å². The number of ether oxygens (including phenoxy) is 1. The first-order chi connectivity index (χ1) is 7.84. The molecule has 0 aromatic carbocycles. The van der Waals surface area contributed by atoms with Crippen LogP contribution in [-0.4, -0.2) is 30.4 Å². The lowest BCUT2D eigenvalue weighted by molar-refractivity contribution is 0.0779. The molecule has 0 aliphatic carbocycles. The fraction of sp³-hybridized carbons (Fsp3) is 0.583. The predicted octanol–water partition coefficient (Wildman–Crippen LogP) is 0.617. The van der Waals surface area contributed by atoms with Crippen molar-refractivity contribution in [3.8, 4) is 0 Å². The number of pyridine rings is 1. The smallest absolute Gasteiger partial charge is 0.181 e. The van der Waals surface area contributed by atoms with Crippen LogP contribution in [-0.2, 0) is 11.3 Å². The van der Waals surface area contributed by atoms with Crippen LogP contribution in [0.3, 0.4) is 0 Å². The molecule has 0 radical (unpaired) electrons. The van der Waals surface area contributed by atoms with E-state index in [9.17, 15) is 4.79 Å². The molecule has 1 fully saturated rings. The summed E-state index contributed by atoms with van der Waals surface area (Å²) in [7, 11) is 0. The molecule has 88 valence electrons. The van der Waals surface area contributed by atoms with E-state index in [-0.39, 0.29) is 5.43 Å². The summed E-state index contributed by atoms with van der Waals surface area (Å²) < 4.78 is 7.32. The van der Waals surface area contributed by atoms with Crippen molar-refractivity contribution < 1.29 is 4.74 Å². The Balaban J connectivity index is 1.71. The van der Waals surface area contributed by atoms with Crippen LogP contribution >= 0.6 is 0 Å². The largest absolute Gasteiger partial charge is 0.381 e. The average molecular weight is 222 g/mol. The van der Waals surface area contributed by atoms with Gasteiger partial charge < -0.3 is 14.6 Å². The van der Waals surface area contributed by atoms with E-state index >= 15 is 0 Å². The van der Waals surface area contributed by atoms with Crippen LogP contribution < -0.4 is 10.7 Å². The van der Waals surface area contributed by atoms with Gasteiger partial charge in [-0.15, -0.1) is 0 Å². The Labute approximate surface area is 95.2 Å². The maximum absolute atomic E-state index is 10.9. The van der Waals surface area contributed by atoms with E-state index in [1.165, 1.54) is 0 Å². The van der Waals surface area contributed by atoms with Crippen LogP contribution in [0.1, 0.15) is 12.8 Å². The zero-order valence-corrected chi connectivity index (χ0v) is 9.39. The first kappa shape index (κ1) is 11.4. The molecular weight excluding hydrogens is 204 g/mol. The summed E-state index contributed by atoms with van der Waals surface area (Å²) in [4.78, 5) is 10.9. The minimum absolute atomic E-state index is 0.0636. The summed E-state index contributed by atoms with van der Waals surface area (Å²) in [5.41, 5.74) is 0.0636. The van der Waals surface area contributed by atoms with Gasteiger partial charge in [-0.25, -0.2) is 0 Å². The van der Waals surface area contributed by atoms with Gasteiger partial charge in [0.05, 0.1) is 0 Å². The van der Waals surface area contributed by atoms with Gasteiger partial charge in [0.2, 0.25) is 0 Å². The van der Waals surface area contributed by atoms with Gasteiger partial charge in [0, 0.05) is 56.9 Å². The molecule has 1 aliphatic rings. The number of nitrogens with zero attached hydrogens (tertiary/aromatic N) is 1. The zero-order chi connectivity index (χ0) is 11.2. The molecule has 1 aromatic heterocycles. The minimum atomic E-state index is 0.0636. The number of hydrogen-bond acceptors (Lipinski definition) is 3. The molecule has 0 spiro atoms. The molecule has 2 rings (SSSR count). The molecule has 1 N–H and O–H groups in total. The summed E-state index contributed by atoms with van der Waals surface area (Å²) in [5.74, 6) is 0. The van der Waals surface area contributed by atoms with E-state index < -0.39 is 0 Å². The summed E-state index contributed by atoms with van der Waals surface area (Å²) in [6.07, 6.45) is 5.86. The normalized spacial score (nSPS) is 17.5. The van der Waals surface area contributed by atoms with Gasteiger partial charge >= 0.3 is 0 Å². The third-order valence-corrected chi connectivity index (χ3v) is 2.88. The standard InChI is InChI=1S/C12H18N2O2/c15-12-1-6-14(7-2-12)8-5-13-11-3-9-16-10-4-11/h1-2,6-7,11,13H,3-5,8-10H2. The van der Waals surface area contributed by atoms with Crippen molar-refractivity contribution in [1.82, 2.24) is 9.88 Å². The van der Waals surface area contributed by atoms with E-state index in [1.54, 1.807) is 12.1 Å². The second-order valence-corrected chi connectivity index (χ2v) is 4.11. The molecule has 0 saturated carbocycles. The highest BCUT2D eigenvalue weighted by Gasteiger charge is 2.11. The lowest BCUT2D eigenvalue weighted by Crippen LogP contribution is -2.36. The predicted molar refractivity (Wildman–Crippen MR) is 62.5 cm³/mol. The van der Waals surface area contributed by atoms with Crippen molar-refractivity contribution in [2.45, 2.75) is 25.4 Å². The molecule has 1 aromatic rings. The Bertz CT molecular complexity index is 349. The average Bonchev–Trinajstić information content (AvgIpc) is 2.33. The van der Waals surface area contributed by atoms with Gasteiger partial charge in [-0.2, -0.15) is 0 Å². The molecular formula is C12H18N2O2. The van der Waals surface area contributed by atoms with Crippen molar-refractivity contribution in [3.05, 3.63) is 34.7 Å². The fourth-order valence-corrected chi connectivity index (χ4v) is 1.89. The van der Waals surface area contributed by atoms with Crippen molar-refractivity contribution in [3.63, 3.8) is 0 Å². The molecule has 1 saturated heterocycles. The minimum Gasteiger partial charge on any atom is -0.381 e. The molecule has 4 heteroatoms. The molecule has 16 heavy (non-hydrogen) atoms. The third kappa shape index (κ3) is 3.47. The summed E-state index contributed by atoms with van der Waals surface area (Å²) >= 11 is 0. The van der Waals surface area contributed by atoms with Crippen LogP contribution in [0.25, 0.3) is 0 Å². The van der Waals surface area contributed by atoms with Gasteiger partial charge in [-0.05, 0) is 12.8 Å². The summed E-state index contributed by atoms with van der Waals surface area (Å²) in [5, 5.41) is 3.51. The van der Waals surface area contributed by atoms with Crippen molar-refractivity contribution in [2.75, 3.05) is 19.8 Å². The quantitative estimate of drug-likeness (QED) is 0.812. The number of rotatable bonds is 4. The lowest BCUT2D eigenvalue weighted by Gasteiger charge is -2.23. The van der Waals surface area contributed by atoms with Crippen LogP contribution in [0.5, 0.6) is 0 Å². The molecule has 4 nitrogen and oxygen atoms in total. The SMILES string of the molecule is O=c1ccn(CCNC2CCOCC2)cc1. The number of aromatic nitrogens is 1. The van der Waals surface area contributed by atoms with Crippen molar-refractivity contribution in [1.29, 1.82) is 0 Å². The topological polar surface area (TPSA) is 43.3 Å². The van der Waals surface area contributed by atoms with Crippen LogP contribution in [0.2, 0.25) is 0 Å². The Morgan fingerprint density at radius 3 is 2.69 bits per heavy atom. The van der Waals surface area contributed by atoms with E-state index in [0.29, 0.717) is 6.04 Å². The van der Waals surface area contributed by atoms with Gasteiger partial charge in [-0.1, -0.05) is 0 Å². The van der Waals surface area contributed by atoms with E-state index in [0.717, 1.165) is 39.1 Å². The highest BCUT2D eigenvalue weighted by atomic mass is 16.5. The summed E-state index contributed by atoms with van der Waals surface area (Å²) in [6, 6.07) is 3.77. The van der Waals surface area contributed by atoms with Crippen LogP contribution in [0.15, 0.2) is 29.3 Å². The second-order valence-electron chi connectivity index (χ2n) is 4.11. The van der Waals surface area contributed by atoms with Gasteiger partial charge in [-0.3, -0.25) is 4.79 Å². The zero-order valence-electron chi connectivity index (χ0n) is 9.39. The maximum atomic E-state index is 10.9. The van der Waals surface area contributed by atoms with Crippen molar-refractivity contribution >= 4 is 0 Å². The van der Waals surface area contributed by atoms with Gasteiger partial charge in [0.1, 0.15) is 0 Å². The number of hydrogen-bond donors (Lipinski definition) is 1. The fourth-order valence-electron chi connectivity index (χ4n) is 1.89. The second kappa shape index (κ2) is 5.82. The lowest BCUT2D eigenvalue weighted by atomic mass is 10.1. The molecule has 0 amide bonds. The van der Waals surface area contributed by atoms with E-state index in [1.807, 2.05) is 17.0 Å². The van der Waals surface area contributed by atoms with Gasteiger partial charge in [0.25, 0.3) is 0 Å². The highest BCUT2D eigenvalue weighted by molar-refractivity contribution is 4.93. The molecule has 0 bridgehead atoms. The Morgan fingerprint density at radius 1 is 1.31 bits per heavy atom. The molecule has 0 atom stereocenters. The van der Waals surface area contributed by atoms with Crippen LogP contribution in [0, 0.1) is 0 Å². The van der Waals surface area contributed by atoms with Gasteiger partial charge in [0.15, 0.2) is 5.43 Å². The first-order valence-electron chi connectivity index (χ1n) is 5.82. The highest BCUT2D eigenvalue weighted by Crippen LogP contribution is 2.05. The van der Waals surface area contributed by atoms with E-state index in [2.05, 4.69) is 5.32 Å². The van der Waals surface area contributed by atoms with Crippen LogP contribution in [0.4, 0.5) is 0 Å². The monoisotopic (exact) mass is 222 g/mol. The first-order valence-corrected chi connectivity index (χ1v) is 5.82.